The third-order valence-corrected chi connectivity index (χ3v) is 2.62. The van der Waals surface area contributed by atoms with Crippen molar-refractivity contribution in [2.45, 2.75) is 30.9 Å². The lowest BCUT2D eigenvalue weighted by atomic mass is 10.0. The second kappa shape index (κ2) is 5.85. The van der Waals surface area contributed by atoms with Crippen LogP contribution in [0.4, 0.5) is 30.7 Å². The van der Waals surface area contributed by atoms with Gasteiger partial charge in [-0.25, -0.2) is 4.39 Å². The topological polar surface area (TPSA) is 0 Å². The van der Waals surface area contributed by atoms with Crippen LogP contribution in [-0.4, -0.2) is 18.0 Å². The maximum absolute atomic E-state index is 13.2. The summed E-state index contributed by atoms with van der Waals surface area (Å²) in [4.78, 5) is 0. The van der Waals surface area contributed by atoms with E-state index in [0.29, 0.717) is 6.08 Å². The van der Waals surface area contributed by atoms with Crippen molar-refractivity contribution in [3.05, 3.63) is 48.0 Å². The molecule has 0 nitrogen and oxygen atoms in total. The molecule has 0 aromatic heterocycles. The fraction of sp³-hybridized carbons (Fsp3) is 0.385. The third-order valence-electron chi connectivity index (χ3n) is 2.62. The van der Waals surface area contributed by atoms with Crippen molar-refractivity contribution in [3.8, 4) is 0 Å². The van der Waals surface area contributed by atoms with E-state index in [4.69, 9.17) is 0 Å². The molecule has 0 saturated carbocycles. The molecule has 0 bridgehead atoms. The van der Waals surface area contributed by atoms with E-state index >= 15 is 0 Å². The number of rotatable bonds is 4. The van der Waals surface area contributed by atoms with Crippen molar-refractivity contribution in [2.75, 3.05) is 0 Å². The lowest BCUT2D eigenvalue weighted by Crippen LogP contribution is -2.51. The molecule has 1 rings (SSSR count). The molecule has 0 amide bonds. The smallest absolute Gasteiger partial charge is 0.219 e. The Hall–Kier alpha value is -1.53. The van der Waals surface area contributed by atoms with Crippen LogP contribution in [0.25, 0.3) is 0 Å². The average molecular weight is 300 g/mol. The minimum Gasteiger partial charge on any atom is -0.219 e. The zero-order valence-electron chi connectivity index (χ0n) is 10.1. The van der Waals surface area contributed by atoms with Crippen molar-refractivity contribution in [1.29, 1.82) is 0 Å². The van der Waals surface area contributed by atoms with Crippen molar-refractivity contribution in [3.63, 3.8) is 0 Å². The molecule has 0 atom stereocenters. The fourth-order valence-corrected chi connectivity index (χ4v) is 1.49. The van der Waals surface area contributed by atoms with Gasteiger partial charge in [0.05, 0.1) is 0 Å². The normalized spacial score (nSPS) is 13.9. The van der Waals surface area contributed by atoms with E-state index in [-0.39, 0.29) is 12.8 Å². The van der Waals surface area contributed by atoms with Crippen LogP contribution in [-0.2, 0) is 6.42 Å². The molecule has 0 heterocycles. The highest BCUT2D eigenvalue weighted by molar-refractivity contribution is 5.16. The molecular formula is C13H11F7. The van der Waals surface area contributed by atoms with Gasteiger partial charge in [0.25, 0.3) is 0 Å². The molecule has 0 saturated heterocycles. The number of allylic oxidation sites excluding steroid dienone is 2. The molecule has 1 aromatic rings. The Morgan fingerprint density at radius 2 is 1.30 bits per heavy atom. The summed E-state index contributed by atoms with van der Waals surface area (Å²) in [5.74, 6) is 0. The van der Waals surface area contributed by atoms with Crippen LogP contribution in [0.15, 0.2) is 42.5 Å². The molecular weight excluding hydrogens is 289 g/mol. The van der Waals surface area contributed by atoms with Crippen molar-refractivity contribution < 1.29 is 30.7 Å². The van der Waals surface area contributed by atoms with Gasteiger partial charge in [-0.2, -0.15) is 26.3 Å². The number of hydrogen-bond acceptors (Lipinski definition) is 0. The first kappa shape index (κ1) is 16.5. The van der Waals surface area contributed by atoms with Crippen LogP contribution in [0, 0.1) is 0 Å². The van der Waals surface area contributed by atoms with Crippen molar-refractivity contribution >= 4 is 0 Å². The predicted molar refractivity (Wildman–Crippen MR) is 59.9 cm³/mol. The molecule has 0 aliphatic heterocycles. The first-order chi connectivity index (χ1) is 9.08. The SMILES string of the molecule is FC(F)(F)C(F)(/C=C/CCc1ccccc1)C(F)(F)F. The highest BCUT2D eigenvalue weighted by Crippen LogP contribution is 2.47. The number of benzene rings is 1. The summed E-state index contributed by atoms with van der Waals surface area (Å²) in [5.41, 5.74) is -4.57. The van der Waals surface area contributed by atoms with E-state index in [0.717, 1.165) is 5.56 Å². The molecule has 0 aliphatic carbocycles. The summed E-state index contributed by atoms with van der Waals surface area (Å²) in [6.45, 7) is 0. The van der Waals surface area contributed by atoms with Gasteiger partial charge in [0.2, 0.25) is 0 Å². The largest absolute Gasteiger partial charge is 0.435 e. The molecule has 0 fully saturated rings. The van der Waals surface area contributed by atoms with Gasteiger partial charge in [-0.15, -0.1) is 0 Å². The van der Waals surface area contributed by atoms with Crippen LogP contribution < -0.4 is 0 Å². The number of halogens is 7. The Labute approximate surface area is 110 Å². The highest BCUT2D eigenvalue weighted by atomic mass is 19.4. The second-order valence-electron chi connectivity index (χ2n) is 4.13. The zero-order valence-corrected chi connectivity index (χ0v) is 10.1. The fourth-order valence-electron chi connectivity index (χ4n) is 1.49. The van der Waals surface area contributed by atoms with Gasteiger partial charge in [-0.3, -0.25) is 0 Å². The van der Waals surface area contributed by atoms with Gasteiger partial charge in [-0.05, 0) is 24.5 Å². The van der Waals surface area contributed by atoms with Gasteiger partial charge < -0.3 is 0 Å². The Morgan fingerprint density at radius 1 is 0.800 bits per heavy atom. The van der Waals surface area contributed by atoms with Crippen LogP contribution in [0.5, 0.6) is 0 Å². The molecule has 0 N–H and O–H groups in total. The van der Waals surface area contributed by atoms with Crippen LogP contribution in [0.1, 0.15) is 12.0 Å². The van der Waals surface area contributed by atoms with Gasteiger partial charge >= 0.3 is 18.0 Å². The minimum atomic E-state index is -6.03. The van der Waals surface area contributed by atoms with Gasteiger partial charge in [0.1, 0.15) is 0 Å². The monoisotopic (exact) mass is 300 g/mol. The predicted octanol–water partition coefficient (Wildman–Crippen LogP) is 5.01. The molecule has 0 radical (unpaired) electrons. The Morgan fingerprint density at radius 3 is 1.75 bits per heavy atom. The average Bonchev–Trinajstić information content (AvgIpc) is 2.33. The van der Waals surface area contributed by atoms with Crippen LogP contribution in [0.2, 0.25) is 0 Å². The Balaban J connectivity index is 2.75. The first-order valence-corrected chi connectivity index (χ1v) is 5.62. The quantitative estimate of drug-likeness (QED) is 0.542. The number of alkyl halides is 7. The molecule has 0 spiro atoms. The highest BCUT2D eigenvalue weighted by Gasteiger charge is 2.70. The molecule has 20 heavy (non-hydrogen) atoms. The van der Waals surface area contributed by atoms with E-state index in [1.165, 1.54) is 0 Å². The lowest BCUT2D eigenvalue weighted by Gasteiger charge is -2.26. The summed E-state index contributed by atoms with van der Waals surface area (Å²) in [6, 6.07) is 8.43. The first-order valence-electron chi connectivity index (χ1n) is 5.62. The zero-order chi connectivity index (χ0) is 15.4. The second-order valence-corrected chi connectivity index (χ2v) is 4.13. The molecule has 0 aliphatic rings. The summed E-state index contributed by atoms with van der Waals surface area (Å²) in [6.07, 6.45) is -11.9. The van der Waals surface area contributed by atoms with Crippen molar-refractivity contribution in [2.24, 2.45) is 0 Å². The van der Waals surface area contributed by atoms with Gasteiger partial charge in [-0.1, -0.05) is 36.4 Å². The Kier molecular flexibility index (Phi) is 4.83. The number of aryl methyl sites for hydroxylation is 1. The van der Waals surface area contributed by atoms with Gasteiger partial charge in [0.15, 0.2) is 0 Å². The lowest BCUT2D eigenvalue weighted by molar-refractivity contribution is -0.322. The van der Waals surface area contributed by atoms with Crippen molar-refractivity contribution in [1.82, 2.24) is 0 Å². The van der Waals surface area contributed by atoms with Crippen LogP contribution >= 0.6 is 0 Å². The maximum Gasteiger partial charge on any atom is 0.435 e. The van der Waals surface area contributed by atoms with E-state index in [2.05, 4.69) is 0 Å². The molecule has 7 heteroatoms. The van der Waals surface area contributed by atoms with E-state index < -0.39 is 24.1 Å². The minimum absolute atomic E-state index is 0.123. The molecule has 1 aromatic carbocycles. The van der Waals surface area contributed by atoms with E-state index in [9.17, 15) is 30.7 Å². The summed E-state index contributed by atoms with van der Waals surface area (Å²) >= 11 is 0. The number of hydrogen-bond donors (Lipinski definition) is 0. The summed E-state index contributed by atoms with van der Waals surface area (Å²) in [5, 5.41) is 0. The third kappa shape index (κ3) is 3.74. The van der Waals surface area contributed by atoms with E-state index in [1.54, 1.807) is 30.3 Å². The van der Waals surface area contributed by atoms with Crippen LogP contribution in [0.3, 0.4) is 0 Å². The Bertz CT molecular complexity index is 428. The molecule has 0 unspecified atom stereocenters. The van der Waals surface area contributed by atoms with E-state index in [1.807, 2.05) is 0 Å². The summed E-state index contributed by atoms with van der Waals surface area (Å²) in [7, 11) is 0. The standard InChI is InChI=1S/C13H11F7/c14-11(12(15,16)17,13(18,19)20)9-5-4-8-10-6-2-1-3-7-10/h1-3,5-7,9H,4,8H2/b9-5+. The van der Waals surface area contributed by atoms with Gasteiger partial charge in [0, 0.05) is 0 Å². The maximum atomic E-state index is 13.2. The summed E-state index contributed by atoms with van der Waals surface area (Å²) < 4.78 is 86.4. The molecule has 112 valence electrons.